The predicted molar refractivity (Wildman–Crippen MR) is 52.9 cm³/mol. The maximum absolute atomic E-state index is 11.9. The largest absolute Gasteiger partial charge is 0.393 e. The fourth-order valence-corrected chi connectivity index (χ4v) is 2.10. The molecule has 5 heteroatoms. The van der Waals surface area contributed by atoms with Crippen molar-refractivity contribution in [1.29, 1.82) is 0 Å². The van der Waals surface area contributed by atoms with Crippen molar-refractivity contribution in [3.8, 4) is 0 Å². The Morgan fingerprint density at radius 2 is 1.87 bits per heavy atom. The zero-order valence-corrected chi connectivity index (χ0v) is 8.63. The van der Waals surface area contributed by atoms with Crippen LogP contribution in [0.4, 0.5) is 0 Å². The Bertz CT molecular complexity index is 255. The van der Waals surface area contributed by atoms with Crippen molar-refractivity contribution >= 4 is 12.3 Å². The second kappa shape index (κ2) is 4.18. The van der Waals surface area contributed by atoms with Crippen LogP contribution in [0.1, 0.15) is 12.8 Å². The number of piperidine rings is 1. The molecule has 2 heterocycles. The van der Waals surface area contributed by atoms with Crippen LogP contribution >= 0.6 is 0 Å². The molecule has 0 aromatic rings. The predicted octanol–water partition coefficient (Wildman–Crippen LogP) is -0.942. The maximum Gasteiger partial charge on any atom is 0.229 e. The fraction of sp³-hybridized carbons (Fsp3) is 0.800. The highest BCUT2D eigenvalue weighted by Crippen LogP contribution is 2.19. The zero-order chi connectivity index (χ0) is 10.8. The van der Waals surface area contributed by atoms with Gasteiger partial charge in [0.2, 0.25) is 12.3 Å². The van der Waals surface area contributed by atoms with E-state index in [0.717, 1.165) is 6.41 Å². The Balaban J connectivity index is 1.79. The van der Waals surface area contributed by atoms with Gasteiger partial charge >= 0.3 is 0 Å². The molecule has 2 saturated heterocycles. The van der Waals surface area contributed by atoms with Gasteiger partial charge in [0.15, 0.2) is 0 Å². The van der Waals surface area contributed by atoms with Crippen LogP contribution in [0.15, 0.2) is 0 Å². The molecule has 0 aromatic carbocycles. The van der Waals surface area contributed by atoms with E-state index in [1.165, 1.54) is 0 Å². The van der Waals surface area contributed by atoms with E-state index in [1.807, 2.05) is 0 Å². The molecule has 2 amide bonds. The lowest BCUT2D eigenvalue weighted by Gasteiger charge is -2.40. The fourth-order valence-electron chi connectivity index (χ4n) is 2.10. The molecule has 2 aliphatic rings. The van der Waals surface area contributed by atoms with Crippen molar-refractivity contribution in [3.05, 3.63) is 0 Å². The number of hydrogen-bond donors (Lipinski definition) is 1. The van der Waals surface area contributed by atoms with E-state index in [-0.39, 0.29) is 17.9 Å². The molecule has 0 spiro atoms. The van der Waals surface area contributed by atoms with Gasteiger partial charge in [-0.25, -0.2) is 0 Å². The van der Waals surface area contributed by atoms with Gasteiger partial charge in [-0.3, -0.25) is 9.59 Å². The number of carbonyl (C=O) groups is 2. The molecule has 0 saturated carbocycles. The summed E-state index contributed by atoms with van der Waals surface area (Å²) in [5, 5.41) is 9.31. The first-order valence-corrected chi connectivity index (χ1v) is 5.37. The van der Waals surface area contributed by atoms with Crippen LogP contribution < -0.4 is 0 Å². The molecule has 0 aromatic heterocycles. The lowest BCUT2D eigenvalue weighted by Crippen LogP contribution is -2.55. The molecule has 0 bridgehead atoms. The second-order valence-corrected chi connectivity index (χ2v) is 4.31. The van der Waals surface area contributed by atoms with Crippen LogP contribution in [0.25, 0.3) is 0 Å². The van der Waals surface area contributed by atoms with Crippen LogP contribution in [0.3, 0.4) is 0 Å². The van der Waals surface area contributed by atoms with Gasteiger partial charge in [-0.05, 0) is 12.8 Å². The van der Waals surface area contributed by atoms with Crippen LogP contribution in [0, 0.1) is 5.92 Å². The molecule has 0 unspecified atom stereocenters. The summed E-state index contributed by atoms with van der Waals surface area (Å²) in [6.07, 6.45) is 1.89. The van der Waals surface area contributed by atoms with E-state index < -0.39 is 0 Å². The molecule has 0 radical (unpaired) electrons. The van der Waals surface area contributed by atoms with E-state index in [1.54, 1.807) is 9.80 Å². The van der Waals surface area contributed by atoms with E-state index in [9.17, 15) is 14.7 Å². The van der Waals surface area contributed by atoms with Crippen molar-refractivity contribution in [1.82, 2.24) is 9.80 Å². The van der Waals surface area contributed by atoms with Crippen molar-refractivity contribution < 1.29 is 14.7 Å². The lowest BCUT2D eigenvalue weighted by atomic mass is 9.97. The van der Waals surface area contributed by atoms with Crippen molar-refractivity contribution in [3.63, 3.8) is 0 Å². The van der Waals surface area contributed by atoms with Gasteiger partial charge < -0.3 is 14.9 Å². The number of aliphatic hydroxyl groups excluding tert-OH is 1. The number of rotatable bonds is 2. The first kappa shape index (κ1) is 10.4. The summed E-state index contributed by atoms with van der Waals surface area (Å²) in [6, 6.07) is 0. The first-order valence-electron chi connectivity index (χ1n) is 5.37. The topological polar surface area (TPSA) is 60.9 Å². The quantitative estimate of drug-likeness (QED) is 0.601. The molecule has 1 N–H and O–H groups in total. The molecule has 2 rings (SSSR count). The minimum atomic E-state index is -0.248. The standard InChI is InChI=1S/C10H16N2O3/c13-7-11-5-8(6-11)10(15)12-3-1-9(14)2-4-12/h7-9,14H,1-6H2. The highest BCUT2D eigenvalue weighted by Gasteiger charge is 2.35. The molecule has 5 nitrogen and oxygen atoms in total. The summed E-state index contributed by atoms with van der Waals surface area (Å²) >= 11 is 0. The molecule has 2 fully saturated rings. The third-order valence-electron chi connectivity index (χ3n) is 3.18. The van der Waals surface area contributed by atoms with E-state index >= 15 is 0 Å². The number of likely N-dealkylation sites (tertiary alicyclic amines) is 2. The van der Waals surface area contributed by atoms with Gasteiger partial charge in [-0.1, -0.05) is 0 Å². The Labute approximate surface area is 88.6 Å². The minimum absolute atomic E-state index is 0.00885. The average molecular weight is 212 g/mol. The highest BCUT2D eigenvalue weighted by molar-refractivity contribution is 5.81. The van der Waals surface area contributed by atoms with E-state index in [0.29, 0.717) is 39.0 Å². The number of aliphatic hydroxyl groups is 1. The Morgan fingerprint density at radius 3 is 2.40 bits per heavy atom. The van der Waals surface area contributed by atoms with Gasteiger partial charge in [0, 0.05) is 26.2 Å². The Morgan fingerprint density at radius 1 is 1.27 bits per heavy atom. The molecule has 84 valence electrons. The summed E-state index contributed by atoms with van der Waals surface area (Å²) < 4.78 is 0. The Kier molecular flexibility index (Phi) is 2.90. The summed E-state index contributed by atoms with van der Waals surface area (Å²) in [7, 11) is 0. The third-order valence-corrected chi connectivity index (χ3v) is 3.18. The smallest absolute Gasteiger partial charge is 0.229 e. The van der Waals surface area contributed by atoms with E-state index in [4.69, 9.17) is 0 Å². The number of hydrogen-bond acceptors (Lipinski definition) is 3. The van der Waals surface area contributed by atoms with Gasteiger partial charge in [0.05, 0.1) is 12.0 Å². The lowest BCUT2D eigenvalue weighted by molar-refractivity contribution is -0.145. The van der Waals surface area contributed by atoms with Crippen LogP contribution in [-0.2, 0) is 9.59 Å². The monoisotopic (exact) mass is 212 g/mol. The summed E-state index contributed by atoms with van der Waals surface area (Å²) in [4.78, 5) is 25.6. The summed E-state index contributed by atoms with van der Waals surface area (Å²) in [6.45, 7) is 2.41. The zero-order valence-electron chi connectivity index (χ0n) is 8.63. The Hall–Kier alpha value is -1.10. The highest BCUT2D eigenvalue weighted by atomic mass is 16.3. The minimum Gasteiger partial charge on any atom is -0.393 e. The SMILES string of the molecule is O=CN1CC(C(=O)N2CCC(O)CC2)C1. The second-order valence-electron chi connectivity index (χ2n) is 4.31. The number of carbonyl (C=O) groups excluding carboxylic acids is 2. The summed E-state index contributed by atoms with van der Waals surface area (Å²) in [5.41, 5.74) is 0. The van der Waals surface area contributed by atoms with Gasteiger partial charge in [-0.2, -0.15) is 0 Å². The maximum atomic E-state index is 11.9. The summed E-state index contributed by atoms with van der Waals surface area (Å²) in [5.74, 6) is 0.130. The number of amides is 2. The van der Waals surface area contributed by atoms with Crippen molar-refractivity contribution in [2.45, 2.75) is 18.9 Å². The molecule has 15 heavy (non-hydrogen) atoms. The molecule has 0 atom stereocenters. The van der Waals surface area contributed by atoms with Crippen molar-refractivity contribution in [2.75, 3.05) is 26.2 Å². The van der Waals surface area contributed by atoms with Gasteiger partial charge in [0.25, 0.3) is 0 Å². The van der Waals surface area contributed by atoms with Crippen LogP contribution in [0.2, 0.25) is 0 Å². The van der Waals surface area contributed by atoms with Crippen LogP contribution in [-0.4, -0.2) is 59.5 Å². The molecular formula is C10H16N2O3. The normalized spacial score (nSPS) is 23.8. The molecular weight excluding hydrogens is 196 g/mol. The third kappa shape index (κ3) is 2.12. The molecule has 2 aliphatic heterocycles. The average Bonchev–Trinajstić information content (AvgIpc) is 2.17. The van der Waals surface area contributed by atoms with Crippen molar-refractivity contribution in [2.24, 2.45) is 5.92 Å². The molecule has 0 aliphatic carbocycles. The van der Waals surface area contributed by atoms with Gasteiger partial charge in [-0.15, -0.1) is 0 Å². The van der Waals surface area contributed by atoms with E-state index in [2.05, 4.69) is 0 Å². The number of nitrogens with zero attached hydrogens (tertiary/aromatic N) is 2. The van der Waals surface area contributed by atoms with Gasteiger partial charge in [0.1, 0.15) is 0 Å². The van der Waals surface area contributed by atoms with Crippen LogP contribution in [0.5, 0.6) is 0 Å². The first-order chi connectivity index (χ1) is 7.20.